The Bertz CT molecular complexity index is 1040. The molecule has 2 rings (SSSR count). The SMILES string of the molecule is C=C(/C=C\C(=C/CC)OC)COc1ccc(Cl)cc1CC(=O)Nc1cccc(C(=O)O)c1. The van der Waals surface area contributed by atoms with Gasteiger partial charge in [0.15, 0.2) is 0 Å². The van der Waals surface area contributed by atoms with Crippen molar-refractivity contribution in [3.8, 4) is 5.75 Å². The first kappa shape index (κ1) is 24.8. The minimum absolute atomic E-state index is 0.00255. The number of ether oxygens (including phenoxy) is 2. The van der Waals surface area contributed by atoms with E-state index >= 15 is 0 Å². The molecule has 2 aromatic rings. The van der Waals surface area contributed by atoms with Crippen LogP contribution in [-0.4, -0.2) is 30.7 Å². The molecule has 0 bridgehead atoms. The standard InChI is InChI=1S/C25H26ClNO5/c1-4-6-22(31-3)11-9-17(2)16-32-23-12-10-20(26)13-19(23)15-24(28)27-21-8-5-7-18(14-21)25(29)30/h5-14H,2,4,15-16H2,1,3H3,(H,27,28)(H,29,30)/b11-9-,22-6+. The number of anilines is 1. The number of methoxy groups -OCH3 is 1. The van der Waals surface area contributed by atoms with Crippen LogP contribution in [0.25, 0.3) is 0 Å². The van der Waals surface area contributed by atoms with Crippen LogP contribution in [0, 0.1) is 0 Å². The Hall–Kier alpha value is -3.51. The van der Waals surface area contributed by atoms with Gasteiger partial charge in [0.25, 0.3) is 0 Å². The number of carboxylic acid groups (broad SMARTS) is 1. The number of carboxylic acids is 1. The highest BCUT2D eigenvalue weighted by atomic mass is 35.5. The molecule has 0 aliphatic heterocycles. The first-order valence-electron chi connectivity index (χ1n) is 9.96. The number of rotatable bonds is 11. The molecule has 168 valence electrons. The smallest absolute Gasteiger partial charge is 0.335 e. The van der Waals surface area contributed by atoms with E-state index in [2.05, 4.69) is 11.9 Å². The number of amides is 1. The van der Waals surface area contributed by atoms with Gasteiger partial charge in [-0.2, -0.15) is 0 Å². The maximum Gasteiger partial charge on any atom is 0.335 e. The van der Waals surface area contributed by atoms with E-state index in [-0.39, 0.29) is 24.5 Å². The number of carbonyl (C=O) groups excluding carboxylic acids is 1. The van der Waals surface area contributed by atoms with E-state index in [1.807, 2.05) is 25.2 Å². The normalized spacial score (nSPS) is 11.3. The number of hydrogen-bond acceptors (Lipinski definition) is 4. The van der Waals surface area contributed by atoms with Crippen molar-refractivity contribution in [1.82, 2.24) is 0 Å². The molecule has 0 radical (unpaired) electrons. The molecule has 1 amide bonds. The molecular weight excluding hydrogens is 430 g/mol. The fourth-order valence-corrected chi connectivity index (χ4v) is 2.97. The molecule has 0 atom stereocenters. The Morgan fingerprint density at radius 3 is 2.66 bits per heavy atom. The lowest BCUT2D eigenvalue weighted by Gasteiger charge is -2.13. The summed E-state index contributed by atoms with van der Waals surface area (Å²) in [6.07, 6.45) is 6.43. The molecule has 0 fully saturated rings. The first-order valence-corrected chi connectivity index (χ1v) is 10.3. The van der Waals surface area contributed by atoms with Crippen LogP contribution in [0.2, 0.25) is 5.02 Å². The van der Waals surface area contributed by atoms with Gasteiger partial charge in [-0.15, -0.1) is 0 Å². The first-order chi connectivity index (χ1) is 15.3. The van der Waals surface area contributed by atoms with Crippen LogP contribution >= 0.6 is 11.6 Å². The van der Waals surface area contributed by atoms with Crippen molar-refractivity contribution in [3.63, 3.8) is 0 Å². The second-order valence-electron chi connectivity index (χ2n) is 6.86. The molecule has 6 nitrogen and oxygen atoms in total. The maximum absolute atomic E-state index is 12.5. The lowest BCUT2D eigenvalue weighted by atomic mass is 10.1. The largest absolute Gasteiger partial charge is 0.497 e. The molecular formula is C25H26ClNO5. The lowest BCUT2D eigenvalue weighted by molar-refractivity contribution is -0.115. The quantitative estimate of drug-likeness (QED) is 0.338. The average molecular weight is 456 g/mol. The summed E-state index contributed by atoms with van der Waals surface area (Å²) < 4.78 is 11.1. The van der Waals surface area contributed by atoms with Crippen LogP contribution in [-0.2, 0) is 16.0 Å². The summed E-state index contributed by atoms with van der Waals surface area (Å²) in [7, 11) is 1.61. The second-order valence-corrected chi connectivity index (χ2v) is 7.30. The fraction of sp³-hybridized carbons (Fsp3) is 0.200. The highest BCUT2D eigenvalue weighted by Crippen LogP contribution is 2.24. The summed E-state index contributed by atoms with van der Waals surface area (Å²) in [5.41, 5.74) is 1.81. The van der Waals surface area contributed by atoms with Crippen LogP contribution in [0.4, 0.5) is 5.69 Å². The number of allylic oxidation sites excluding steroid dienone is 2. The third kappa shape index (κ3) is 7.96. The summed E-state index contributed by atoms with van der Waals surface area (Å²) in [5.74, 6) is -0.143. The molecule has 0 spiro atoms. The third-order valence-corrected chi connectivity index (χ3v) is 4.54. The zero-order chi connectivity index (χ0) is 23.5. The van der Waals surface area contributed by atoms with Crippen LogP contribution in [0.5, 0.6) is 5.75 Å². The molecule has 0 saturated carbocycles. The number of aromatic carboxylic acids is 1. The van der Waals surface area contributed by atoms with Gasteiger partial charge in [-0.25, -0.2) is 4.79 Å². The summed E-state index contributed by atoms with van der Waals surface area (Å²) in [6.45, 7) is 6.21. The van der Waals surface area contributed by atoms with Gasteiger partial charge in [0.05, 0.1) is 19.1 Å². The van der Waals surface area contributed by atoms with Gasteiger partial charge in [-0.3, -0.25) is 4.79 Å². The van der Waals surface area contributed by atoms with Crippen molar-refractivity contribution in [2.45, 2.75) is 19.8 Å². The van der Waals surface area contributed by atoms with E-state index in [0.29, 0.717) is 22.0 Å². The summed E-state index contributed by atoms with van der Waals surface area (Å²) in [5, 5.41) is 12.3. The summed E-state index contributed by atoms with van der Waals surface area (Å²) >= 11 is 6.11. The predicted molar refractivity (Wildman–Crippen MR) is 126 cm³/mol. The highest BCUT2D eigenvalue weighted by Gasteiger charge is 2.12. The Morgan fingerprint density at radius 1 is 1.19 bits per heavy atom. The Balaban J connectivity index is 2.05. The Morgan fingerprint density at radius 2 is 1.97 bits per heavy atom. The monoisotopic (exact) mass is 455 g/mol. The number of nitrogens with one attached hydrogen (secondary N) is 1. The maximum atomic E-state index is 12.5. The number of carbonyl (C=O) groups is 2. The molecule has 2 aromatic carbocycles. The molecule has 2 N–H and O–H groups in total. The number of benzene rings is 2. The zero-order valence-electron chi connectivity index (χ0n) is 18.1. The van der Waals surface area contributed by atoms with Crippen molar-refractivity contribution in [1.29, 1.82) is 0 Å². The molecule has 0 aromatic heterocycles. The molecule has 0 aliphatic carbocycles. The van der Waals surface area contributed by atoms with Crippen LogP contribution in [0.15, 0.2) is 78.6 Å². The minimum atomic E-state index is -1.07. The van der Waals surface area contributed by atoms with Crippen molar-refractivity contribution >= 4 is 29.2 Å². The summed E-state index contributed by atoms with van der Waals surface area (Å²) in [6, 6.07) is 11.1. The van der Waals surface area contributed by atoms with Crippen LogP contribution in [0.1, 0.15) is 29.3 Å². The van der Waals surface area contributed by atoms with Crippen molar-refractivity contribution < 1.29 is 24.2 Å². The molecule has 0 unspecified atom stereocenters. The van der Waals surface area contributed by atoms with Gasteiger partial charge in [0.1, 0.15) is 18.1 Å². The van der Waals surface area contributed by atoms with Crippen molar-refractivity contribution in [2.24, 2.45) is 0 Å². The van der Waals surface area contributed by atoms with Gasteiger partial charge in [-0.05, 0) is 60.5 Å². The Labute approximate surface area is 192 Å². The highest BCUT2D eigenvalue weighted by molar-refractivity contribution is 6.30. The molecule has 0 heterocycles. The fourth-order valence-electron chi connectivity index (χ4n) is 2.77. The van der Waals surface area contributed by atoms with Crippen molar-refractivity contribution in [3.05, 3.63) is 94.8 Å². The van der Waals surface area contributed by atoms with E-state index in [1.54, 1.807) is 37.4 Å². The van der Waals surface area contributed by atoms with E-state index in [9.17, 15) is 9.59 Å². The molecule has 32 heavy (non-hydrogen) atoms. The molecule has 0 saturated heterocycles. The van der Waals surface area contributed by atoms with E-state index < -0.39 is 5.97 Å². The lowest BCUT2D eigenvalue weighted by Crippen LogP contribution is -2.15. The number of halogens is 1. The van der Waals surface area contributed by atoms with E-state index in [1.165, 1.54) is 12.1 Å². The molecule has 7 heteroatoms. The zero-order valence-corrected chi connectivity index (χ0v) is 18.8. The van der Waals surface area contributed by atoms with E-state index in [0.717, 1.165) is 17.8 Å². The van der Waals surface area contributed by atoms with Crippen molar-refractivity contribution in [2.75, 3.05) is 19.0 Å². The third-order valence-electron chi connectivity index (χ3n) is 4.30. The summed E-state index contributed by atoms with van der Waals surface area (Å²) in [4.78, 5) is 23.6. The van der Waals surface area contributed by atoms with Gasteiger partial charge >= 0.3 is 5.97 Å². The van der Waals surface area contributed by atoms with Crippen LogP contribution in [0.3, 0.4) is 0 Å². The molecule has 0 aliphatic rings. The predicted octanol–water partition coefficient (Wildman–Crippen LogP) is 5.65. The number of hydrogen-bond donors (Lipinski definition) is 2. The van der Waals surface area contributed by atoms with Gasteiger partial charge in [0, 0.05) is 16.3 Å². The van der Waals surface area contributed by atoms with Gasteiger partial charge < -0.3 is 19.9 Å². The Kier molecular flexibility index (Phi) is 9.57. The van der Waals surface area contributed by atoms with Gasteiger partial charge in [0.2, 0.25) is 5.91 Å². The second kappa shape index (κ2) is 12.4. The minimum Gasteiger partial charge on any atom is -0.497 e. The van der Waals surface area contributed by atoms with Crippen LogP contribution < -0.4 is 10.1 Å². The topological polar surface area (TPSA) is 84.9 Å². The average Bonchev–Trinajstić information content (AvgIpc) is 2.76. The van der Waals surface area contributed by atoms with Gasteiger partial charge in [-0.1, -0.05) is 37.2 Å². The van der Waals surface area contributed by atoms with E-state index in [4.69, 9.17) is 26.2 Å².